The summed E-state index contributed by atoms with van der Waals surface area (Å²) in [6.07, 6.45) is 0.953. The van der Waals surface area contributed by atoms with Gasteiger partial charge < -0.3 is 15.3 Å². The standard InChI is InChI=1S/C11H9F2NO3/c12-7-4-8(13)6(3-9(14)11(15)16)10-5(7)1-2-17-10/h1-2,4,9H,3,14H2,(H,15,16). The number of carboxylic acids is 1. The van der Waals surface area contributed by atoms with Crippen LogP contribution in [0.15, 0.2) is 22.8 Å². The molecule has 17 heavy (non-hydrogen) atoms. The van der Waals surface area contributed by atoms with Gasteiger partial charge in [-0.2, -0.15) is 0 Å². The Morgan fingerprint density at radius 3 is 2.82 bits per heavy atom. The van der Waals surface area contributed by atoms with Crippen molar-refractivity contribution >= 4 is 16.9 Å². The number of aliphatic carboxylic acids is 1. The molecular weight excluding hydrogens is 232 g/mol. The van der Waals surface area contributed by atoms with Gasteiger partial charge in [-0.3, -0.25) is 4.79 Å². The lowest BCUT2D eigenvalue weighted by atomic mass is 10.0. The monoisotopic (exact) mass is 241 g/mol. The molecule has 90 valence electrons. The van der Waals surface area contributed by atoms with E-state index >= 15 is 0 Å². The van der Waals surface area contributed by atoms with Gasteiger partial charge in [0.2, 0.25) is 0 Å². The van der Waals surface area contributed by atoms with Crippen molar-refractivity contribution in [2.45, 2.75) is 12.5 Å². The normalized spacial score (nSPS) is 12.9. The number of nitrogens with two attached hydrogens (primary N) is 1. The quantitative estimate of drug-likeness (QED) is 0.856. The third kappa shape index (κ3) is 1.99. The SMILES string of the molecule is NC(Cc1c(F)cc(F)c2ccoc12)C(=O)O. The molecule has 0 aliphatic rings. The number of fused-ring (bicyclic) bond motifs is 1. The smallest absolute Gasteiger partial charge is 0.320 e. The Bertz CT molecular complexity index is 579. The molecule has 0 spiro atoms. The highest BCUT2D eigenvalue weighted by atomic mass is 19.1. The van der Waals surface area contributed by atoms with Crippen molar-refractivity contribution in [3.05, 3.63) is 35.6 Å². The van der Waals surface area contributed by atoms with Crippen LogP contribution in [0.3, 0.4) is 0 Å². The third-order valence-corrected chi connectivity index (χ3v) is 2.48. The molecule has 1 aromatic carbocycles. The molecule has 0 bridgehead atoms. The first kappa shape index (κ1) is 11.5. The lowest BCUT2D eigenvalue weighted by Gasteiger charge is -2.08. The molecule has 0 amide bonds. The molecule has 2 rings (SSSR count). The van der Waals surface area contributed by atoms with Gasteiger partial charge in [-0.1, -0.05) is 0 Å². The van der Waals surface area contributed by atoms with E-state index in [-0.39, 0.29) is 23.0 Å². The van der Waals surface area contributed by atoms with E-state index in [2.05, 4.69) is 0 Å². The first-order valence-electron chi connectivity index (χ1n) is 4.83. The van der Waals surface area contributed by atoms with Gasteiger partial charge in [-0.05, 0) is 6.07 Å². The second-order valence-corrected chi connectivity index (χ2v) is 3.63. The molecule has 4 nitrogen and oxygen atoms in total. The molecule has 1 unspecified atom stereocenters. The highest BCUT2D eigenvalue weighted by Gasteiger charge is 2.20. The third-order valence-electron chi connectivity index (χ3n) is 2.48. The maximum Gasteiger partial charge on any atom is 0.320 e. The Hall–Kier alpha value is -1.95. The van der Waals surface area contributed by atoms with Crippen LogP contribution < -0.4 is 5.73 Å². The lowest BCUT2D eigenvalue weighted by molar-refractivity contribution is -0.138. The summed E-state index contributed by atoms with van der Waals surface area (Å²) in [4.78, 5) is 10.6. The Morgan fingerprint density at radius 2 is 2.18 bits per heavy atom. The van der Waals surface area contributed by atoms with E-state index in [1.54, 1.807) is 0 Å². The van der Waals surface area contributed by atoms with Gasteiger partial charge in [0.25, 0.3) is 0 Å². The van der Waals surface area contributed by atoms with E-state index in [1.165, 1.54) is 12.3 Å². The second-order valence-electron chi connectivity index (χ2n) is 3.63. The van der Waals surface area contributed by atoms with Gasteiger partial charge >= 0.3 is 5.97 Å². The first-order valence-corrected chi connectivity index (χ1v) is 4.83. The van der Waals surface area contributed by atoms with Crippen LogP contribution in [-0.4, -0.2) is 17.1 Å². The fourth-order valence-electron chi connectivity index (χ4n) is 1.61. The number of carboxylic acid groups (broad SMARTS) is 1. The summed E-state index contributed by atoms with van der Waals surface area (Å²) in [7, 11) is 0. The lowest BCUT2D eigenvalue weighted by Crippen LogP contribution is -2.32. The molecule has 0 aliphatic carbocycles. The Balaban J connectivity index is 2.53. The maximum absolute atomic E-state index is 13.5. The van der Waals surface area contributed by atoms with Crippen LogP contribution in [0, 0.1) is 11.6 Å². The Kier molecular flexibility index (Phi) is 2.81. The minimum Gasteiger partial charge on any atom is -0.480 e. The number of benzene rings is 1. The molecule has 3 N–H and O–H groups in total. The van der Waals surface area contributed by atoms with Crippen molar-refractivity contribution in [2.24, 2.45) is 5.73 Å². The number of rotatable bonds is 3. The highest BCUT2D eigenvalue weighted by Crippen LogP contribution is 2.26. The number of carbonyl (C=O) groups is 1. The fraction of sp³-hybridized carbons (Fsp3) is 0.182. The summed E-state index contributed by atoms with van der Waals surface area (Å²) in [5.74, 6) is -2.87. The first-order chi connectivity index (χ1) is 8.00. The largest absolute Gasteiger partial charge is 0.480 e. The zero-order valence-corrected chi connectivity index (χ0v) is 8.61. The zero-order valence-electron chi connectivity index (χ0n) is 8.61. The van der Waals surface area contributed by atoms with Crippen molar-refractivity contribution in [1.82, 2.24) is 0 Å². The van der Waals surface area contributed by atoms with Gasteiger partial charge in [0, 0.05) is 18.1 Å². The van der Waals surface area contributed by atoms with Crippen LogP contribution in [0.2, 0.25) is 0 Å². The summed E-state index contributed by atoms with van der Waals surface area (Å²) in [5, 5.41) is 8.77. The molecule has 1 atom stereocenters. The average Bonchev–Trinajstić information content (AvgIpc) is 2.72. The van der Waals surface area contributed by atoms with Crippen LogP contribution in [0.4, 0.5) is 8.78 Å². The molecule has 0 saturated heterocycles. The summed E-state index contributed by atoms with van der Waals surface area (Å²) < 4.78 is 31.8. The van der Waals surface area contributed by atoms with Crippen LogP contribution in [0.25, 0.3) is 11.0 Å². The van der Waals surface area contributed by atoms with E-state index in [9.17, 15) is 13.6 Å². The van der Waals surface area contributed by atoms with Crippen LogP contribution in [0.5, 0.6) is 0 Å². The van der Waals surface area contributed by atoms with Crippen LogP contribution >= 0.6 is 0 Å². The van der Waals surface area contributed by atoms with Crippen LogP contribution in [-0.2, 0) is 11.2 Å². The molecular formula is C11H9F2NO3. The van der Waals surface area contributed by atoms with Crippen molar-refractivity contribution < 1.29 is 23.1 Å². The molecule has 6 heteroatoms. The van der Waals surface area contributed by atoms with Crippen molar-refractivity contribution in [3.63, 3.8) is 0 Å². The second kappa shape index (κ2) is 4.14. The van der Waals surface area contributed by atoms with Gasteiger partial charge in [0.15, 0.2) is 0 Å². The molecule has 1 aromatic heterocycles. The van der Waals surface area contributed by atoms with Gasteiger partial charge in [0.05, 0.1) is 11.6 Å². The average molecular weight is 241 g/mol. The molecule has 0 fully saturated rings. The van der Waals surface area contributed by atoms with E-state index in [0.717, 1.165) is 0 Å². The maximum atomic E-state index is 13.5. The minimum atomic E-state index is -1.26. The molecule has 2 aromatic rings. The van der Waals surface area contributed by atoms with E-state index in [0.29, 0.717) is 6.07 Å². The van der Waals surface area contributed by atoms with E-state index in [4.69, 9.17) is 15.3 Å². The van der Waals surface area contributed by atoms with Crippen LogP contribution in [0.1, 0.15) is 5.56 Å². The van der Waals surface area contributed by atoms with Crippen molar-refractivity contribution in [2.75, 3.05) is 0 Å². The van der Waals surface area contributed by atoms with Gasteiger partial charge in [-0.15, -0.1) is 0 Å². The zero-order chi connectivity index (χ0) is 12.6. The topological polar surface area (TPSA) is 76.5 Å². The van der Waals surface area contributed by atoms with Gasteiger partial charge in [0.1, 0.15) is 23.3 Å². The number of hydrogen-bond acceptors (Lipinski definition) is 3. The predicted molar refractivity (Wildman–Crippen MR) is 55.4 cm³/mol. The summed E-state index contributed by atoms with van der Waals surface area (Å²) in [6.45, 7) is 0. The summed E-state index contributed by atoms with van der Waals surface area (Å²) in [6, 6.07) is 0.782. The number of furan rings is 1. The van der Waals surface area contributed by atoms with Gasteiger partial charge in [-0.25, -0.2) is 8.78 Å². The summed E-state index contributed by atoms with van der Waals surface area (Å²) >= 11 is 0. The predicted octanol–water partition coefficient (Wildman–Crippen LogP) is 1.67. The fourth-order valence-corrected chi connectivity index (χ4v) is 1.61. The van der Waals surface area contributed by atoms with E-state index in [1.807, 2.05) is 0 Å². The van der Waals surface area contributed by atoms with Crippen molar-refractivity contribution in [1.29, 1.82) is 0 Å². The summed E-state index contributed by atoms with van der Waals surface area (Å²) in [5.41, 5.74) is 5.29. The minimum absolute atomic E-state index is 0.000741. The molecule has 1 heterocycles. The molecule has 0 saturated carbocycles. The number of halogens is 2. The van der Waals surface area contributed by atoms with E-state index < -0.39 is 23.6 Å². The number of hydrogen-bond donors (Lipinski definition) is 2. The van der Waals surface area contributed by atoms with Crippen molar-refractivity contribution in [3.8, 4) is 0 Å². The Morgan fingerprint density at radius 1 is 1.47 bits per heavy atom. The highest BCUT2D eigenvalue weighted by molar-refractivity contribution is 5.82. The Labute approximate surface area is 94.6 Å². The molecule has 0 radical (unpaired) electrons. The molecule has 0 aliphatic heterocycles.